The molecule has 0 aliphatic carbocycles. The Morgan fingerprint density at radius 2 is 2.17 bits per heavy atom. The van der Waals surface area contributed by atoms with Crippen LogP contribution in [0, 0.1) is 6.92 Å². The molecule has 3 rings (SSSR count). The number of aromatic nitrogens is 2. The van der Waals surface area contributed by atoms with Gasteiger partial charge in [0.15, 0.2) is 0 Å². The summed E-state index contributed by atoms with van der Waals surface area (Å²) in [5.41, 5.74) is 3.19. The highest BCUT2D eigenvalue weighted by molar-refractivity contribution is 7.13. The van der Waals surface area contributed by atoms with E-state index in [0.717, 1.165) is 22.0 Å². The number of carbonyl (C=O) groups excluding carboxylic acids is 1. The van der Waals surface area contributed by atoms with Crippen molar-refractivity contribution in [1.82, 2.24) is 9.97 Å². The van der Waals surface area contributed by atoms with E-state index >= 15 is 0 Å². The SMILES string of the molecule is Cc1ccc(NC(=O)Cc2csc(-c3ccccn3)n2)c(Cl)c1. The lowest BCUT2D eigenvalue weighted by Gasteiger charge is -2.07. The minimum atomic E-state index is -0.145. The highest BCUT2D eigenvalue weighted by Gasteiger charge is 2.11. The molecule has 2 aromatic heterocycles. The van der Waals surface area contributed by atoms with Crippen LogP contribution < -0.4 is 5.32 Å². The second-order valence-corrected chi connectivity index (χ2v) is 6.33. The van der Waals surface area contributed by atoms with Crippen LogP contribution in [0.1, 0.15) is 11.3 Å². The van der Waals surface area contributed by atoms with Crippen molar-refractivity contribution in [3.63, 3.8) is 0 Å². The molecule has 0 saturated heterocycles. The zero-order chi connectivity index (χ0) is 16.2. The molecular weight excluding hydrogens is 330 g/mol. The fraction of sp³-hybridized carbons (Fsp3) is 0.118. The Bertz CT molecular complexity index is 833. The van der Waals surface area contributed by atoms with Crippen molar-refractivity contribution in [2.75, 3.05) is 5.32 Å². The van der Waals surface area contributed by atoms with Crippen molar-refractivity contribution < 1.29 is 4.79 Å². The number of hydrogen-bond acceptors (Lipinski definition) is 4. The fourth-order valence-corrected chi connectivity index (χ4v) is 3.15. The summed E-state index contributed by atoms with van der Waals surface area (Å²) in [7, 11) is 0. The van der Waals surface area contributed by atoms with Crippen molar-refractivity contribution in [3.8, 4) is 10.7 Å². The Balaban J connectivity index is 1.68. The third-order valence-electron chi connectivity index (χ3n) is 3.18. The van der Waals surface area contributed by atoms with Gasteiger partial charge in [-0.15, -0.1) is 11.3 Å². The number of pyridine rings is 1. The molecule has 0 fully saturated rings. The molecule has 3 aromatic rings. The minimum Gasteiger partial charge on any atom is -0.324 e. The molecule has 0 bridgehead atoms. The van der Waals surface area contributed by atoms with E-state index in [4.69, 9.17) is 11.6 Å². The van der Waals surface area contributed by atoms with Gasteiger partial charge in [0, 0.05) is 11.6 Å². The largest absolute Gasteiger partial charge is 0.324 e. The van der Waals surface area contributed by atoms with Gasteiger partial charge >= 0.3 is 0 Å². The molecule has 0 spiro atoms. The third-order valence-corrected chi connectivity index (χ3v) is 4.40. The molecule has 2 heterocycles. The van der Waals surface area contributed by atoms with Crippen LogP contribution >= 0.6 is 22.9 Å². The van der Waals surface area contributed by atoms with E-state index in [0.29, 0.717) is 10.7 Å². The topological polar surface area (TPSA) is 54.9 Å². The second-order valence-electron chi connectivity index (χ2n) is 5.07. The van der Waals surface area contributed by atoms with E-state index in [1.807, 2.05) is 42.6 Å². The Kier molecular flexibility index (Phi) is 4.69. The van der Waals surface area contributed by atoms with Gasteiger partial charge in [-0.05, 0) is 36.8 Å². The van der Waals surface area contributed by atoms with Crippen molar-refractivity contribution in [1.29, 1.82) is 0 Å². The number of nitrogens with one attached hydrogen (secondary N) is 1. The van der Waals surface area contributed by atoms with Crippen LogP contribution in [0.15, 0.2) is 48.0 Å². The molecule has 23 heavy (non-hydrogen) atoms. The lowest BCUT2D eigenvalue weighted by molar-refractivity contribution is -0.115. The van der Waals surface area contributed by atoms with Crippen LogP contribution in [-0.2, 0) is 11.2 Å². The van der Waals surface area contributed by atoms with Crippen LogP contribution in [-0.4, -0.2) is 15.9 Å². The molecule has 0 aliphatic heterocycles. The lowest BCUT2D eigenvalue weighted by Crippen LogP contribution is -2.14. The second kappa shape index (κ2) is 6.89. The third kappa shape index (κ3) is 3.94. The molecule has 4 nitrogen and oxygen atoms in total. The zero-order valence-electron chi connectivity index (χ0n) is 12.4. The number of anilines is 1. The molecular formula is C17H14ClN3OS. The van der Waals surface area contributed by atoms with Crippen LogP contribution in [0.2, 0.25) is 5.02 Å². The maximum absolute atomic E-state index is 12.1. The molecule has 0 radical (unpaired) electrons. The van der Waals surface area contributed by atoms with Crippen molar-refractivity contribution >= 4 is 34.5 Å². The quantitative estimate of drug-likeness (QED) is 0.766. The number of amides is 1. The maximum atomic E-state index is 12.1. The highest BCUT2D eigenvalue weighted by Crippen LogP contribution is 2.24. The van der Waals surface area contributed by atoms with E-state index in [2.05, 4.69) is 15.3 Å². The van der Waals surface area contributed by atoms with Crippen LogP contribution in [0.3, 0.4) is 0 Å². The number of nitrogens with zero attached hydrogens (tertiary/aromatic N) is 2. The highest BCUT2D eigenvalue weighted by atomic mass is 35.5. The van der Waals surface area contributed by atoms with Gasteiger partial charge < -0.3 is 5.32 Å². The molecule has 0 atom stereocenters. The molecule has 0 saturated carbocycles. The summed E-state index contributed by atoms with van der Waals surface area (Å²) in [5.74, 6) is -0.145. The van der Waals surface area contributed by atoms with Gasteiger partial charge in [0.2, 0.25) is 5.91 Å². The summed E-state index contributed by atoms with van der Waals surface area (Å²) >= 11 is 7.60. The monoisotopic (exact) mass is 343 g/mol. The molecule has 116 valence electrons. The van der Waals surface area contributed by atoms with E-state index in [1.165, 1.54) is 11.3 Å². The fourth-order valence-electron chi connectivity index (χ4n) is 2.08. The Labute approximate surface area is 143 Å². The Morgan fingerprint density at radius 1 is 1.30 bits per heavy atom. The number of halogens is 1. The molecule has 1 amide bonds. The number of benzene rings is 1. The predicted molar refractivity (Wildman–Crippen MR) is 93.9 cm³/mol. The molecule has 6 heteroatoms. The summed E-state index contributed by atoms with van der Waals surface area (Å²) in [6, 6.07) is 11.2. The summed E-state index contributed by atoms with van der Waals surface area (Å²) in [6.07, 6.45) is 1.93. The van der Waals surface area contributed by atoms with Crippen LogP contribution in [0.25, 0.3) is 10.7 Å². The van der Waals surface area contributed by atoms with Gasteiger partial charge in [0.1, 0.15) is 5.01 Å². The van der Waals surface area contributed by atoms with Gasteiger partial charge in [-0.2, -0.15) is 0 Å². The van der Waals surface area contributed by atoms with E-state index in [1.54, 1.807) is 12.3 Å². The van der Waals surface area contributed by atoms with E-state index < -0.39 is 0 Å². The Hall–Kier alpha value is -2.24. The zero-order valence-corrected chi connectivity index (χ0v) is 14.0. The van der Waals surface area contributed by atoms with Crippen LogP contribution in [0.5, 0.6) is 0 Å². The van der Waals surface area contributed by atoms with Crippen molar-refractivity contribution in [2.45, 2.75) is 13.3 Å². The smallest absolute Gasteiger partial charge is 0.230 e. The minimum absolute atomic E-state index is 0.145. The molecule has 0 aliphatic rings. The summed E-state index contributed by atoms with van der Waals surface area (Å²) in [4.78, 5) is 20.9. The van der Waals surface area contributed by atoms with E-state index in [-0.39, 0.29) is 12.3 Å². The average molecular weight is 344 g/mol. The van der Waals surface area contributed by atoms with Gasteiger partial charge in [-0.3, -0.25) is 9.78 Å². The summed E-state index contributed by atoms with van der Waals surface area (Å²) in [5, 5.41) is 6.03. The standard InChI is InChI=1S/C17H14ClN3OS/c1-11-5-6-14(13(18)8-11)21-16(22)9-12-10-23-17(20-12)15-4-2-3-7-19-15/h2-8,10H,9H2,1H3,(H,21,22). The first-order valence-electron chi connectivity index (χ1n) is 7.03. The Morgan fingerprint density at radius 3 is 2.91 bits per heavy atom. The first-order valence-corrected chi connectivity index (χ1v) is 8.29. The van der Waals surface area contributed by atoms with Gasteiger partial charge in [0.05, 0.1) is 28.5 Å². The first kappa shape index (κ1) is 15.6. The van der Waals surface area contributed by atoms with Crippen molar-refractivity contribution in [3.05, 3.63) is 64.3 Å². The number of aryl methyl sites for hydroxylation is 1. The normalized spacial score (nSPS) is 10.5. The van der Waals surface area contributed by atoms with Gasteiger partial charge in [-0.1, -0.05) is 23.7 Å². The van der Waals surface area contributed by atoms with Gasteiger partial charge in [0.25, 0.3) is 0 Å². The lowest BCUT2D eigenvalue weighted by atomic mass is 10.2. The molecule has 1 N–H and O–H groups in total. The van der Waals surface area contributed by atoms with Crippen molar-refractivity contribution in [2.24, 2.45) is 0 Å². The number of hydrogen-bond donors (Lipinski definition) is 1. The first-order chi connectivity index (χ1) is 11.1. The number of thiazole rings is 1. The van der Waals surface area contributed by atoms with E-state index in [9.17, 15) is 4.79 Å². The van der Waals surface area contributed by atoms with Crippen LogP contribution in [0.4, 0.5) is 5.69 Å². The number of carbonyl (C=O) groups is 1. The maximum Gasteiger partial charge on any atom is 0.230 e. The summed E-state index contributed by atoms with van der Waals surface area (Å²) in [6.45, 7) is 1.95. The predicted octanol–water partition coefficient (Wildman–Crippen LogP) is 4.35. The number of rotatable bonds is 4. The molecule has 1 aromatic carbocycles. The summed E-state index contributed by atoms with van der Waals surface area (Å²) < 4.78 is 0. The molecule has 0 unspecified atom stereocenters. The average Bonchev–Trinajstić information content (AvgIpc) is 2.99. The van der Waals surface area contributed by atoms with Gasteiger partial charge in [-0.25, -0.2) is 4.98 Å².